The number of rotatable bonds is 6. The minimum atomic E-state index is 0.217. The molecule has 1 fully saturated rings. The molecule has 0 aromatic heterocycles. The lowest BCUT2D eigenvalue weighted by atomic mass is 9.71. The van der Waals surface area contributed by atoms with Gasteiger partial charge < -0.3 is 9.80 Å². The van der Waals surface area contributed by atoms with E-state index in [2.05, 4.69) is 182 Å². The van der Waals surface area contributed by atoms with E-state index in [1.165, 1.54) is 58.9 Å². The molecule has 10 rings (SSSR count). The normalized spacial score (nSPS) is 31.6. The largest absolute Gasteiger partial charge is 0.337 e. The molecule has 3 aromatic carbocycles. The fourth-order valence-corrected chi connectivity index (χ4v) is 11.7. The highest BCUT2D eigenvalue weighted by molar-refractivity contribution is 5.74. The number of anilines is 2. The van der Waals surface area contributed by atoms with Gasteiger partial charge in [-0.3, -0.25) is 0 Å². The van der Waals surface area contributed by atoms with E-state index >= 15 is 0 Å². The Hall–Kier alpha value is -4.82. The van der Waals surface area contributed by atoms with Crippen LogP contribution in [0.15, 0.2) is 180 Å². The molecule has 1 aliphatic heterocycles. The Balaban J connectivity index is 0.970. The van der Waals surface area contributed by atoms with Crippen LogP contribution >= 0.6 is 0 Å². The van der Waals surface area contributed by atoms with Crippen LogP contribution in [0.3, 0.4) is 0 Å². The molecule has 0 radical (unpaired) electrons. The van der Waals surface area contributed by atoms with Crippen LogP contribution in [0.25, 0.3) is 0 Å². The van der Waals surface area contributed by atoms with Crippen LogP contribution in [-0.4, -0.2) is 10.9 Å². The molecule has 272 valence electrons. The van der Waals surface area contributed by atoms with E-state index in [4.69, 9.17) is 0 Å². The van der Waals surface area contributed by atoms with E-state index in [9.17, 15) is 0 Å². The van der Waals surface area contributed by atoms with E-state index in [1.54, 1.807) is 11.1 Å². The quantitative estimate of drug-likeness (QED) is 0.236. The van der Waals surface area contributed by atoms with Crippen molar-refractivity contribution in [2.45, 2.75) is 77.2 Å². The zero-order chi connectivity index (χ0) is 36.4. The van der Waals surface area contributed by atoms with Crippen LogP contribution < -0.4 is 4.90 Å². The highest BCUT2D eigenvalue weighted by Gasteiger charge is 2.52. The maximum Gasteiger partial charge on any atom is 0.0453 e. The summed E-state index contributed by atoms with van der Waals surface area (Å²) in [6.07, 6.45) is 33.9. The van der Waals surface area contributed by atoms with Gasteiger partial charge in [-0.05, 0) is 109 Å². The first-order valence-corrected chi connectivity index (χ1v) is 20.8. The molecule has 3 aromatic rings. The predicted molar refractivity (Wildman–Crippen MR) is 225 cm³/mol. The SMILES string of the molecule is CC1CC(C2=CC3c4ccccc4N(c4ccccc4)C3CC2)CC=C1N(C1=CC=CC(c2ccccc2)C1)C1=CC=C2C3C=CC=CC3C(C)(C)C2C1. The number of hydrogen-bond donors (Lipinski definition) is 0. The Bertz CT molecular complexity index is 2170. The first kappa shape index (κ1) is 33.7. The molecule has 8 unspecified atom stereocenters. The summed E-state index contributed by atoms with van der Waals surface area (Å²) in [7, 11) is 0. The van der Waals surface area contributed by atoms with Crippen molar-refractivity contribution in [3.8, 4) is 0 Å². The third-order valence-electron chi connectivity index (χ3n) is 14.4. The lowest BCUT2D eigenvalue weighted by Gasteiger charge is -2.43. The average molecular weight is 707 g/mol. The molecule has 8 atom stereocenters. The maximum absolute atomic E-state index is 2.76. The molecule has 0 N–H and O–H groups in total. The van der Waals surface area contributed by atoms with Crippen molar-refractivity contribution in [3.05, 3.63) is 191 Å². The van der Waals surface area contributed by atoms with Gasteiger partial charge in [-0.1, -0.05) is 153 Å². The Morgan fingerprint density at radius 1 is 0.741 bits per heavy atom. The number of fused-ring (bicyclic) bond motifs is 6. The van der Waals surface area contributed by atoms with Gasteiger partial charge >= 0.3 is 0 Å². The van der Waals surface area contributed by atoms with Crippen molar-refractivity contribution >= 4 is 11.4 Å². The number of nitrogens with zero attached hydrogens (tertiary/aromatic N) is 2. The predicted octanol–water partition coefficient (Wildman–Crippen LogP) is 13.1. The maximum atomic E-state index is 2.76. The molecule has 54 heavy (non-hydrogen) atoms. The molecule has 0 amide bonds. The molecule has 0 spiro atoms. The molecule has 6 aliphatic carbocycles. The van der Waals surface area contributed by atoms with Gasteiger partial charge in [-0.25, -0.2) is 0 Å². The summed E-state index contributed by atoms with van der Waals surface area (Å²) in [6, 6.07) is 31.9. The van der Waals surface area contributed by atoms with Gasteiger partial charge in [-0.15, -0.1) is 0 Å². The molecule has 2 heteroatoms. The molecular weight excluding hydrogens is 653 g/mol. The van der Waals surface area contributed by atoms with E-state index in [0.29, 0.717) is 47.5 Å². The standard InChI is InChI=1S/C52H54N2/c1-35-31-38(39-26-30-51-46(33-39)45-22-11-13-24-50(45)54(51)40-18-8-5-9-19-40)25-29-49(35)53(41-20-14-17-37(32-41)36-15-6-4-7-16-36)42-27-28-44-43-21-10-12-23-47(43)52(2,3)48(44)34-42/h4-24,27-29,33,35,37-38,43,46-48,51H,25-26,30-32,34H2,1-3H3. The molecule has 7 aliphatic rings. The van der Waals surface area contributed by atoms with Crippen LogP contribution in [0.4, 0.5) is 11.4 Å². The van der Waals surface area contributed by atoms with Crippen molar-refractivity contribution in [3.63, 3.8) is 0 Å². The fraction of sp³-hybridized carbons (Fsp3) is 0.346. The minimum Gasteiger partial charge on any atom is -0.337 e. The zero-order valence-electron chi connectivity index (χ0n) is 32.2. The van der Waals surface area contributed by atoms with Gasteiger partial charge in [0.05, 0.1) is 0 Å². The number of allylic oxidation sites excluding steroid dienone is 15. The Morgan fingerprint density at radius 2 is 1.50 bits per heavy atom. The third kappa shape index (κ3) is 5.59. The summed E-state index contributed by atoms with van der Waals surface area (Å²) in [6.45, 7) is 7.57. The van der Waals surface area contributed by atoms with Crippen molar-refractivity contribution in [2.24, 2.45) is 35.0 Å². The highest BCUT2D eigenvalue weighted by atomic mass is 15.2. The molecule has 0 bridgehead atoms. The lowest BCUT2D eigenvalue weighted by Crippen LogP contribution is -2.35. The van der Waals surface area contributed by atoms with E-state index in [-0.39, 0.29) is 5.41 Å². The van der Waals surface area contributed by atoms with Crippen molar-refractivity contribution < 1.29 is 0 Å². The van der Waals surface area contributed by atoms with Crippen molar-refractivity contribution in [1.82, 2.24) is 4.90 Å². The highest BCUT2D eigenvalue weighted by Crippen LogP contribution is 2.60. The zero-order valence-corrected chi connectivity index (χ0v) is 32.2. The molecule has 1 heterocycles. The topological polar surface area (TPSA) is 6.48 Å². The first-order valence-electron chi connectivity index (χ1n) is 20.8. The Labute approximate surface area is 323 Å². The smallest absolute Gasteiger partial charge is 0.0453 e. The second kappa shape index (κ2) is 13.5. The lowest BCUT2D eigenvalue weighted by molar-refractivity contribution is 0.207. The average Bonchev–Trinajstić information content (AvgIpc) is 3.67. The molecular formula is C52H54N2. The molecule has 2 nitrogen and oxygen atoms in total. The van der Waals surface area contributed by atoms with Gasteiger partial charge in [0.15, 0.2) is 0 Å². The van der Waals surface area contributed by atoms with Gasteiger partial charge in [0, 0.05) is 52.3 Å². The Kier molecular flexibility index (Phi) is 8.42. The van der Waals surface area contributed by atoms with Crippen LogP contribution in [0.1, 0.15) is 82.3 Å². The van der Waals surface area contributed by atoms with E-state index in [1.807, 2.05) is 0 Å². The number of benzene rings is 3. The van der Waals surface area contributed by atoms with Gasteiger partial charge in [-0.2, -0.15) is 0 Å². The van der Waals surface area contributed by atoms with Gasteiger partial charge in [0.25, 0.3) is 0 Å². The van der Waals surface area contributed by atoms with Crippen LogP contribution in [0.5, 0.6) is 0 Å². The van der Waals surface area contributed by atoms with Crippen molar-refractivity contribution in [1.29, 1.82) is 0 Å². The third-order valence-corrected chi connectivity index (χ3v) is 14.4. The molecule has 0 saturated heterocycles. The van der Waals surface area contributed by atoms with Crippen LogP contribution in [0.2, 0.25) is 0 Å². The van der Waals surface area contributed by atoms with Crippen molar-refractivity contribution in [2.75, 3.05) is 4.90 Å². The van der Waals surface area contributed by atoms with E-state index < -0.39 is 0 Å². The number of hydrogen-bond acceptors (Lipinski definition) is 2. The van der Waals surface area contributed by atoms with Gasteiger partial charge in [0.1, 0.15) is 0 Å². The summed E-state index contributed by atoms with van der Waals surface area (Å²) < 4.78 is 0. The van der Waals surface area contributed by atoms with Gasteiger partial charge in [0.2, 0.25) is 0 Å². The second-order valence-electron chi connectivity index (χ2n) is 17.7. The summed E-state index contributed by atoms with van der Waals surface area (Å²) in [5, 5.41) is 0. The Morgan fingerprint density at radius 3 is 2.33 bits per heavy atom. The first-order chi connectivity index (χ1) is 26.5. The number of para-hydroxylation sites is 2. The summed E-state index contributed by atoms with van der Waals surface area (Å²) >= 11 is 0. The monoisotopic (exact) mass is 706 g/mol. The summed E-state index contributed by atoms with van der Waals surface area (Å²) in [4.78, 5) is 5.39. The summed E-state index contributed by atoms with van der Waals surface area (Å²) in [5.41, 5.74) is 13.6. The van der Waals surface area contributed by atoms with E-state index in [0.717, 1.165) is 19.3 Å². The summed E-state index contributed by atoms with van der Waals surface area (Å²) in [5.74, 6) is 3.56. The van der Waals surface area contributed by atoms with Crippen LogP contribution in [-0.2, 0) is 0 Å². The molecule has 1 saturated carbocycles. The minimum absolute atomic E-state index is 0.217. The van der Waals surface area contributed by atoms with Crippen LogP contribution in [0, 0.1) is 35.0 Å². The fourth-order valence-electron chi connectivity index (χ4n) is 11.7. The second-order valence-corrected chi connectivity index (χ2v) is 17.7.